The van der Waals surface area contributed by atoms with Gasteiger partial charge in [-0.05, 0) is 25.3 Å². The predicted octanol–water partition coefficient (Wildman–Crippen LogP) is 1.32. The molecule has 0 radical (unpaired) electrons. The maximum absolute atomic E-state index is 11.9. The van der Waals surface area contributed by atoms with Crippen molar-refractivity contribution in [2.75, 3.05) is 18.8 Å². The van der Waals surface area contributed by atoms with E-state index in [-0.39, 0.29) is 11.9 Å². The molecule has 1 saturated heterocycles. The fraction of sp³-hybridized carbons (Fsp3) is 0.467. The summed E-state index contributed by atoms with van der Waals surface area (Å²) < 4.78 is 1.91. The summed E-state index contributed by atoms with van der Waals surface area (Å²) in [6.07, 6.45) is 5.49. The van der Waals surface area contributed by atoms with Gasteiger partial charge in [-0.2, -0.15) is 5.10 Å². The van der Waals surface area contributed by atoms with Gasteiger partial charge in [-0.25, -0.2) is 14.6 Å². The van der Waals surface area contributed by atoms with Crippen molar-refractivity contribution < 1.29 is 4.79 Å². The minimum Gasteiger partial charge on any atom is -0.383 e. The molecule has 3 heterocycles. The van der Waals surface area contributed by atoms with Crippen LogP contribution in [0.2, 0.25) is 0 Å². The maximum Gasteiger partial charge on any atom is 0.246 e. The smallest absolute Gasteiger partial charge is 0.246 e. The van der Waals surface area contributed by atoms with Crippen molar-refractivity contribution in [3.05, 3.63) is 24.7 Å². The van der Waals surface area contributed by atoms with E-state index in [0.29, 0.717) is 12.4 Å². The van der Waals surface area contributed by atoms with Crippen LogP contribution < -0.4 is 5.73 Å². The van der Waals surface area contributed by atoms with Crippen LogP contribution in [0.15, 0.2) is 19.0 Å². The van der Waals surface area contributed by atoms with Crippen molar-refractivity contribution in [1.29, 1.82) is 0 Å². The monoisotopic (exact) mass is 300 g/mol. The molecule has 2 N–H and O–H groups in total. The number of aryl methyl sites for hydroxylation is 1. The van der Waals surface area contributed by atoms with Crippen LogP contribution in [0.25, 0.3) is 11.0 Å². The SMILES string of the molecule is C=CC(=O)N1CCCC(n2nc(CC)c3c(N)ncnc32)C1. The average molecular weight is 300 g/mol. The highest BCUT2D eigenvalue weighted by Crippen LogP contribution is 2.28. The van der Waals surface area contributed by atoms with E-state index in [1.54, 1.807) is 0 Å². The lowest BCUT2D eigenvalue weighted by atomic mass is 10.1. The van der Waals surface area contributed by atoms with Crippen molar-refractivity contribution >= 4 is 22.8 Å². The number of hydrogen-bond donors (Lipinski definition) is 1. The first-order chi connectivity index (χ1) is 10.7. The van der Waals surface area contributed by atoms with Crippen molar-refractivity contribution in [3.63, 3.8) is 0 Å². The molecule has 1 unspecified atom stereocenters. The lowest BCUT2D eigenvalue weighted by molar-refractivity contribution is -0.127. The second kappa shape index (κ2) is 5.75. The fourth-order valence-corrected chi connectivity index (χ4v) is 3.05. The van der Waals surface area contributed by atoms with Gasteiger partial charge in [0.15, 0.2) is 5.65 Å². The number of anilines is 1. The van der Waals surface area contributed by atoms with Gasteiger partial charge in [0.25, 0.3) is 0 Å². The van der Waals surface area contributed by atoms with E-state index in [2.05, 4.69) is 21.6 Å². The third kappa shape index (κ3) is 2.32. The van der Waals surface area contributed by atoms with E-state index in [1.807, 2.05) is 16.5 Å². The van der Waals surface area contributed by atoms with Gasteiger partial charge in [0.2, 0.25) is 5.91 Å². The molecule has 1 fully saturated rings. The van der Waals surface area contributed by atoms with Crippen LogP contribution in [0, 0.1) is 0 Å². The molecule has 1 aliphatic heterocycles. The number of nitrogen functional groups attached to an aromatic ring is 1. The third-order valence-electron chi connectivity index (χ3n) is 4.15. The molecule has 116 valence electrons. The minimum atomic E-state index is -0.0361. The van der Waals surface area contributed by atoms with Gasteiger partial charge in [-0.15, -0.1) is 0 Å². The highest BCUT2D eigenvalue weighted by molar-refractivity contribution is 5.88. The molecule has 7 nitrogen and oxygen atoms in total. The number of carbonyl (C=O) groups excluding carboxylic acids is 1. The summed E-state index contributed by atoms with van der Waals surface area (Å²) in [7, 11) is 0. The number of piperidine rings is 1. The molecule has 2 aromatic heterocycles. The van der Waals surface area contributed by atoms with E-state index in [9.17, 15) is 4.79 Å². The Labute approximate surface area is 128 Å². The maximum atomic E-state index is 11.9. The summed E-state index contributed by atoms with van der Waals surface area (Å²) in [4.78, 5) is 22.1. The van der Waals surface area contributed by atoms with Crippen LogP contribution in [0.5, 0.6) is 0 Å². The molecule has 22 heavy (non-hydrogen) atoms. The fourth-order valence-electron chi connectivity index (χ4n) is 3.05. The number of likely N-dealkylation sites (tertiary alicyclic amines) is 1. The number of carbonyl (C=O) groups is 1. The van der Waals surface area contributed by atoms with E-state index in [0.717, 1.165) is 42.5 Å². The zero-order chi connectivity index (χ0) is 15.7. The Morgan fingerprint density at radius 1 is 1.55 bits per heavy atom. The van der Waals surface area contributed by atoms with Gasteiger partial charge in [-0.3, -0.25) is 4.79 Å². The number of nitrogens with zero attached hydrogens (tertiary/aromatic N) is 5. The van der Waals surface area contributed by atoms with Crippen LogP contribution >= 0.6 is 0 Å². The Bertz CT molecular complexity index is 722. The first-order valence-corrected chi connectivity index (χ1v) is 7.54. The van der Waals surface area contributed by atoms with Crippen LogP contribution in [0.3, 0.4) is 0 Å². The van der Waals surface area contributed by atoms with Crippen LogP contribution in [0.4, 0.5) is 5.82 Å². The molecule has 0 bridgehead atoms. The molecule has 2 aromatic rings. The number of amides is 1. The number of rotatable bonds is 3. The number of aromatic nitrogens is 4. The molecule has 0 aliphatic carbocycles. The summed E-state index contributed by atoms with van der Waals surface area (Å²) in [5.41, 5.74) is 7.65. The summed E-state index contributed by atoms with van der Waals surface area (Å²) in [6.45, 7) is 6.98. The van der Waals surface area contributed by atoms with Crippen molar-refractivity contribution in [3.8, 4) is 0 Å². The molecule has 1 atom stereocenters. The Morgan fingerprint density at radius 3 is 3.09 bits per heavy atom. The van der Waals surface area contributed by atoms with Gasteiger partial charge in [0.05, 0.1) is 17.1 Å². The largest absolute Gasteiger partial charge is 0.383 e. The number of nitrogens with two attached hydrogens (primary N) is 1. The molecule has 1 aliphatic rings. The summed E-state index contributed by atoms with van der Waals surface area (Å²) in [5, 5.41) is 5.51. The number of hydrogen-bond acceptors (Lipinski definition) is 5. The van der Waals surface area contributed by atoms with Gasteiger partial charge < -0.3 is 10.6 Å². The van der Waals surface area contributed by atoms with E-state index in [1.165, 1.54) is 12.4 Å². The van der Waals surface area contributed by atoms with Gasteiger partial charge in [0, 0.05) is 13.1 Å². The quantitative estimate of drug-likeness (QED) is 0.863. The van der Waals surface area contributed by atoms with E-state index >= 15 is 0 Å². The van der Waals surface area contributed by atoms with Gasteiger partial charge >= 0.3 is 0 Å². The van der Waals surface area contributed by atoms with Crippen LogP contribution in [-0.2, 0) is 11.2 Å². The molecule has 0 saturated carbocycles. The minimum absolute atomic E-state index is 0.0361. The second-order valence-electron chi connectivity index (χ2n) is 5.49. The van der Waals surface area contributed by atoms with Crippen molar-refractivity contribution in [2.45, 2.75) is 32.2 Å². The first kappa shape index (κ1) is 14.5. The van der Waals surface area contributed by atoms with E-state index in [4.69, 9.17) is 5.73 Å². The normalized spacial score (nSPS) is 18.6. The third-order valence-corrected chi connectivity index (χ3v) is 4.15. The summed E-state index contributed by atoms with van der Waals surface area (Å²) in [5.74, 6) is 0.425. The molecular formula is C15H20N6O. The Kier molecular flexibility index (Phi) is 3.79. The number of fused-ring (bicyclic) bond motifs is 1. The molecule has 0 spiro atoms. The molecule has 0 aromatic carbocycles. The highest BCUT2D eigenvalue weighted by atomic mass is 16.2. The zero-order valence-corrected chi connectivity index (χ0v) is 12.7. The first-order valence-electron chi connectivity index (χ1n) is 7.54. The highest BCUT2D eigenvalue weighted by Gasteiger charge is 2.27. The summed E-state index contributed by atoms with van der Waals surface area (Å²) in [6, 6.07) is 0.106. The van der Waals surface area contributed by atoms with Crippen LogP contribution in [-0.4, -0.2) is 43.6 Å². The molecule has 7 heteroatoms. The standard InChI is InChI=1S/C15H20N6O/c1-3-11-13-14(16)17-9-18-15(13)21(19-11)10-6-5-7-20(8-10)12(22)4-2/h4,9-10H,2-3,5-8H2,1H3,(H2,16,17,18). The van der Waals surface area contributed by atoms with Crippen molar-refractivity contribution in [1.82, 2.24) is 24.6 Å². The van der Waals surface area contributed by atoms with Gasteiger partial charge in [0.1, 0.15) is 12.1 Å². The second-order valence-corrected chi connectivity index (χ2v) is 5.49. The van der Waals surface area contributed by atoms with Crippen LogP contribution in [0.1, 0.15) is 31.5 Å². The van der Waals surface area contributed by atoms with E-state index < -0.39 is 0 Å². The Balaban J connectivity index is 2.01. The molecular weight excluding hydrogens is 280 g/mol. The lowest BCUT2D eigenvalue weighted by Gasteiger charge is -2.32. The Morgan fingerprint density at radius 2 is 2.36 bits per heavy atom. The van der Waals surface area contributed by atoms with Crippen molar-refractivity contribution in [2.24, 2.45) is 0 Å². The topological polar surface area (TPSA) is 89.9 Å². The zero-order valence-electron chi connectivity index (χ0n) is 12.7. The average Bonchev–Trinajstić information content (AvgIpc) is 2.94. The van der Waals surface area contributed by atoms with Gasteiger partial charge in [-0.1, -0.05) is 13.5 Å². The molecule has 1 amide bonds. The molecule has 3 rings (SSSR count). The predicted molar refractivity (Wildman–Crippen MR) is 84.2 cm³/mol. The summed E-state index contributed by atoms with van der Waals surface area (Å²) >= 11 is 0. The lowest BCUT2D eigenvalue weighted by Crippen LogP contribution is -2.40. The Hall–Kier alpha value is -2.44.